The Balaban J connectivity index is 2.43. The van der Waals surface area contributed by atoms with E-state index in [0.29, 0.717) is 6.42 Å². The van der Waals surface area contributed by atoms with Crippen molar-refractivity contribution in [3.05, 3.63) is 35.4 Å². The molecule has 2 rings (SSSR count). The lowest BCUT2D eigenvalue weighted by atomic mass is 9.95. The first-order valence-corrected chi connectivity index (χ1v) is 7.53. The predicted octanol–water partition coefficient (Wildman–Crippen LogP) is 0.119. The number of amides is 1. The molecule has 0 unspecified atom stereocenters. The first-order chi connectivity index (χ1) is 8.43. The van der Waals surface area contributed by atoms with Crippen LogP contribution in [0.4, 0.5) is 0 Å². The molecule has 1 amide bonds. The number of nitrogens with one attached hydrogen (secondary N) is 1. The highest BCUT2D eigenvalue weighted by Gasteiger charge is 2.36. The monoisotopic (exact) mass is 268 g/mol. The van der Waals surface area contributed by atoms with Gasteiger partial charge in [-0.05, 0) is 17.5 Å². The molecule has 1 aromatic rings. The van der Waals surface area contributed by atoms with E-state index >= 15 is 0 Å². The van der Waals surface area contributed by atoms with Crippen LogP contribution in [0.2, 0.25) is 0 Å². The fourth-order valence-corrected chi connectivity index (χ4v) is 3.24. The van der Waals surface area contributed by atoms with Crippen molar-refractivity contribution < 1.29 is 13.2 Å². The first-order valence-electron chi connectivity index (χ1n) is 5.68. The van der Waals surface area contributed by atoms with Crippen molar-refractivity contribution >= 4 is 15.9 Å². The number of benzene rings is 1. The molecular formula is C12H16N2O3S. The second-order valence-corrected chi connectivity index (χ2v) is 6.35. The zero-order valence-corrected chi connectivity index (χ0v) is 11.2. The molecule has 18 heavy (non-hydrogen) atoms. The molecule has 0 aromatic heterocycles. The number of fused-ring (bicyclic) bond motifs is 1. The molecule has 5 nitrogen and oxygen atoms in total. The molecule has 1 aliphatic heterocycles. The lowest BCUT2D eigenvalue weighted by Gasteiger charge is -2.33. The second-order valence-electron chi connectivity index (χ2n) is 4.41. The number of rotatable bonds is 2. The molecule has 0 radical (unpaired) electrons. The van der Waals surface area contributed by atoms with Crippen molar-refractivity contribution in [2.75, 3.05) is 13.3 Å². The van der Waals surface area contributed by atoms with Crippen molar-refractivity contribution in [2.45, 2.75) is 19.0 Å². The Morgan fingerprint density at radius 2 is 1.94 bits per heavy atom. The van der Waals surface area contributed by atoms with E-state index in [-0.39, 0.29) is 12.5 Å². The first kappa shape index (κ1) is 13.0. The smallest absolute Gasteiger partial charge is 0.238 e. The minimum Gasteiger partial charge on any atom is -0.358 e. The van der Waals surface area contributed by atoms with Crippen LogP contribution in [0.1, 0.15) is 11.1 Å². The van der Waals surface area contributed by atoms with E-state index < -0.39 is 16.1 Å². The van der Waals surface area contributed by atoms with Crippen molar-refractivity contribution in [1.29, 1.82) is 0 Å². The standard InChI is InChI=1S/C12H16N2O3S/c1-13-12(15)11-7-9-5-3-4-6-10(9)8-14(11)18(2,16)17/h3-6,11H,7-8H2,1-2H3,(H,13,15)/t11-/m1/s1. The Morgan fingerprint density at radius 3 is 2.50 bits per heavy atom. The summed E-state index contributed by atoms with van der Waals surface area (Å²) in [5, 5.41) is 2.52. The Labute approximate surface area is 107 Å². The second kappa shape index (κ2) is 4.70. The molecule has 0 bridgehead atoms. The summed E-state index contributed by atoms with van der Waals surface area (Å²) < 4.78 is 24.8. The third-order valence-electron chi connectivity index (χ3n) is 3.18. The molecule has 0 spiro atoms. The van der Waals surface area contributed by atoms with Crippen molar-refractivity contribution in [3.63, 3.8) is 0 Å². The van der Waals surface area contributed by atoms with Crippen LogP contribution in [0, 0.1) is 0 Å². The number of carbonyl (C=O) groups excluding carboxylic acids is 1. The predicted molar refractivity (Wildman–Crippen MR) is 68.4 cm³/mol. The third kappa shape index (κ3) is 2.39. The van der Waals surface area contributed by atoms with Gasteiger partial charge in [0.05, 0.1) is 6.26 Å². The molecule has 0 aliphatic carbocycles. The molecule has 0 fully saturated rings. The summed E-state index contributed by atoms with van der Waals surface area (Å²) in [4.78, 5) is 11.8. The maximum absolute atomic E-state index is 11.8. The van der Waals surface area contributed by atoms with Gasteiger partial charge in [-0.3, -0.25) is 4.79 Å². The Hall–Kier alpha value is -1.40. The molecular weight excluding hydrogens is 252 g/mol. The van der Waals surface area contributed by atoms with E-state index in [9.17, 15) is 13.2 Å². The van der Waals surface area contributed by atoms with Gasteiger partial charge in [-0.2, -0.15) is 4.31 Å². The van der Waals surface area contributed by atoms with Gasteiger partial charge in [0.15, 0.2) is 0 Å². The van der Waals surface area contributed by atoms with Gasteiger partial charge in [0.1, 0.15) is 6.04 Å². The van der Waals surface area contributed by atoms with E-state index in [4.69, 9.17) is 0 Å². The average molecular weight is 268 g/mol. The SMILES string of the molecule is CNC(=O)[C@H]1Cc2ccccc2CN1S(C)(=O)=O. The zero-order valence-electron chi connectivity index (χ0n) is 10.4. The summed E-state index contributed by atoms with van der Waals surface area (Å²) in [7, 11) is -1.88. The van der Waals surface area contributed by atoms with Gasteiger partial charge in [-0.1, -0.05) is 24.3 Å². The number of hydrogen-bond acceptors (Lipinski definition) is 3. The summed E-state index contributed by atoms with van der Waals surface area (Å²) in [6, 6.07) is 6.95. The number of hydrogen-bond donors (Lipinski definition) is 1. The fourth-order valence-electron chi connectivity index (χ4n) is 2.24. The van der Waals surface area contributed by atoms with Crippen molar-refractivity contribution in [3.8, 4) is 0 Å². The van der Waals surface area contributed by atoms with Gasteiger partial charge in [-0.25, -0.2) is 8.42 Å². The van der Waals surface area contributed by atoms with Gasteiger partial charge in [0.2, 0.25) is 15.9 Å². The summed E-state index contributed by atoms with van der Waals surface area (Å²) in [6.07, 6.45) is 1.56. The highest BCUT2D eigenvalue weighted by Crippen LogP contribution is 2.25. The molecule has 1 aromatic carbocycles. The average Bonchev–Trinajstić information content (AvgIpc) is 2.35. The minimum absolute atomic E-state index is 0.257. The highest BCUT2D eigenvalue weighted by atomic mass is 32.2. The summed E-state index contributed by atoms with van der Waals surface area (Å²) >= 11 is 0. The van der Waals surface area contributed by atoms with Gasteiger partial charge < -0.3 is 5.32 Å². The topological polar surface area (TPSA) is 66.5 Å². The molecule has 6 heteroatoms. The van der Waals surface area contributed by atoms with Crippen molar-refractivity contribution in [1.82, 2.24) is 9.62 Å². The Bertz CT molecular complexity index is 568. The van der Waals surface area contributed by atoms with E-state index in [1.54, 1.807) is 0 Å². The van der Waals surface area contributed by atoms with Crippen LogP contribution in [0.25, 0.3) is 0 Å². The summed E-state index contributed by atoms with van der Waals surface area (Å²) in [6.45, 7) is 0.257. The van der Waals surface area contributed by atoms with Crippen LogP contribution in [-0.2, 0) is 27.8 Å². The van der Waals surface area contributed by atoms with Crippen LogP contribution in [-0.4, -0.2) is 38.0 Å². The number of carbonyl (C=O) groups is 1. The number of sulfonamides is 1. The minimum atomic E-state index is -3.40. The van der Waals surface area contributed by atoms with Gasteiger partial charge in [-0.15, -0.1) is 0 Å². The van der Waals surface area contributed by atoms with E-state index in [2.05, 4.69) is 5.32 Å². The zero-order chi connectivity index (χ0) is 13.3. The van der Waals surface area contributed by atoms with Crippen LogP contribution in [0.3, 0.4) is 0 Å². The van der Waals surface area contributed by atoms with E-state index in [0.717, 1.165) is 17.4 Å². The number of nitrogens with zero attached hydrogens (tertiary/aromatic N) is 1. The Kier molecular flexibility index (Phi) is 3.41. The van der Waals surface area contributed by atoms with Crippen LogP contribution in [0.15, 0.2) is 24.3 Å². The van der Waals surface area contributed by atoms with Crippen LogP contribution >= 0.6 is 0 Å². The highest BCUT2D eigenvalue weighted by molar-refractivity contribution is 7.88. The summed E-state index contributed by atoms with van der Waals surface area (Å²) in [5.41, 5.74) is 1.99. The molecule has 1 atom stereocenters. The lowest BCUT2D eigenvalue weighted by Crippen LogP contribution is -2.51. The van der Waals surface area contributed by atoms with E-state index in [1.165, 1.54) is 11.4 Å². The van der Waals surface area contributed by atoms with Crippen molar-refractivity contribution in [2.24, 2.45) is 0 Å². The lowest BCUT2D eigenvalue weighted by molar-refractivity contribution is -0.124. The third-order valence-corrected chi connectivity index (χ3v) is 4.42. The Morgan fingerprint density at radius 1 is 1.33 bits per heavy atom. The summed E-state index contributed by atoms with van der Waals surface area (Å²) in [5.74, 6) is -0.269. The van der Waals surface area contributed by atoms with Crippen LogP contribution < -0.4 is 5.32 Å². The maximum Gasteiger partial charge on any atom is 0.238 e. The molecule has 0 saturated carbocycles. The van der Waals surface area contributed by atoms with Crippen LogP contribution in [0.5, 0.6) is 0 Å². The van der Waals surface area contributed by atoms with Gasteiger partial charge in [0, 0.05) is 13.6 Å². The van der Waals surface area contributed by atoms with Gasteiger partial charge in [0.25, 0.3) is 0 Å². The molecule has 98 valence electrons. The molecule has 1 heterocycles. The quantitative estimate of drug-likeness (QED) is 0.828. The maximum atomic E-state index is 11.8. The normalized spacial score (nSPS) is 20.2. The molecule has 1 aliphatic rings. The molecule has 1 N–H and O–H groups in total. The number of likely N-dealkylation sites (N-methyl/N-ethyl adjacent to an activating group) is 1. The van der Waals surface area contributed by atoms with Gasteiger partial charge >= 0.3 is 0 Å². The molecule has 0 saturated heterocycles. The largest absolute Gasteiger partial charge is 0.358 e. The van der Waals surface area contributed by atoms with E-state index in [1.807, 2.05) is 24.3 Å². The fraction of sp³-hybridized carbons (Fsp3) is 0.417.